The molecule has 0 unspecified atom stereocenters. The van der Waals surface area contributed by atoms with Gasteiger partial charge in [0.1, 0.15) is 12.8 Å². The van der Waals surface area contributed by atoms with Crippen LogP contribution in [0.15, 0.2) is 60.9 Å². The molecule has 170 valence electrons. The number of anilines is 2. The highest BCUT2D eigenvalue weighted by Gasteiger charge is 2.35. The number of hydrogen-bond donors (Lipinski definition) is 3. The maximum absolute atomic E-state index is 13.7. The van der Waals surface area contributed by atoms with Gasteiger partial charge in [-0.3, -0.25) is 4.98 Å². The van der Waals surface area contributed by atoms with E-state index in [2.05, 4.69) is 20.5 Å². The Morgan fingerprint density at radius 1 is 1.00 bits per heavy atom. The number of pyridine rings is 1. The summed E-state index contributed by atoms with van der Waals surface area (Å²) >= 11 is 0. The second kappa shape index (κ2) is 9.08. The average Bonchev–Trinajstić information content (AvgIpc) is 2.83. The van der Waals surface area contributed by atoms with E-state index in [0.29, 0.717) is 27.8 Å². The zero-order valence-electron chi connectivity index (χ0n) is 17.0. The topological polar surface area (TPSA) is 91.2 Å². The van der Waals surface area contributed by atoms with Gasteiger partial charge in [-0.1, -0.05) is 18.2 Å². The summed E-state index contributed by atoms with van der Waals surface area (Å²) < 4.78 is 53.9. The third-order valence-electron chi connectivity index (χ3n) is 5.08. The number of fused-ring (bicyclic) bond motifs is 1. The van der Waals surface area contributed by atoms with Gasteiger partial charge >= 0.3 is 6.18 Å². The molecular weight excluding hydrogens is 440 g/mol. The van der Waals surface area contributed by atoms with Crippen molar-refractivity contribution in [3.05, 3.63) is 77.6 Å². The van der Waals surface area contributed by atoms with Crippen molar-refractivity contribution in [3.8, 4) is 11.3 Å². The lowest BCUT2D eigenvalue weighted by atomic mass is 10.00. The molecular formula is C23H18F4N4O2. The zero-order valence-corrected chi connectivity index (χ0v) is 17.0. The number of aliphatic hydroxyl groups excluding tert-OH is 2. The molecule has 6 nitrogen and oxygen atoms in total. The fourth-order valence-electron chi connectivity index (χ4n) is 3.36. The van der Waals surface area contributed by atoms with Crippen LogP contribution in [0.25, 0.3) is 22.0 Å². The quantitative estimate of drug-likeness (QED) is 0.354. The van der Waals surface area contributed by atoms with Crippen molar-refractivity contribution in [2.45, 2.75) is 19.0 Å². The summed E-state index contributed by atoms with van der Waals surface area (Å²) in [6.45, 7) is -1.30. The molecule has 0 bridgehead atoms. The molecule has 2 aromatic heterocycles. The number of nitrogens with one attached hydrogen (secondary N) is 1. The average molecular weight is 458 g/mol. The number of hydrogen-bond acceptors (Lipinski definition) is 6. The molecule has 0 saturated carbocycles. The van der Waals surface area contributed by atoms with Gasteiger partial charge in [0, 0.05) is 33.8 Å². The van der Waals surface area contributed by atoms with E-state index < -0.39 is 31.1 Å². The monoisotopic (exact) mass is 458 g/mol. The Kier molecular flexibility index (Phi) is 6.21. The molecule has 0 radical (unpaired) electrons. The Hall–Kier alpha value is -3.63. The van der Waals surface area contributed by atoms with E-state index in [1.165, 1.54) is 18.3 Å². The third kappa shape index (κ3) is 4.76. The van der Waals surface area contributed by atoms with Crippen LogP contribution in [0, 0.1) is 0 Å². The maximum atomic E-state index is 13.7. The highest BCUT2D eigenvalue weighted by Crippen LogP contribution is 2.38. The zero-order chi connectivity index (χ0) is 23.6. The molecule has 0 amide bonds. The number of aromatic nitrogens is 3. The van der Waals surface area contributed by atoms with Crippen molar-refractivity contribution in [2.24, 2.45) is 0 Å². The summed E-state index contributed by atoms with van der Waals surface area (Å²) in [4.78, 5) is 3.92. The van der Waals surface area contributed by atoms with E-state index in [4.69, 9.17) is 5.11 Å². The molecule has 2 aromatic carbocycles. The van der Waals surface area contributed by atoms with Crippen molar-refractivity contribution in [1.29, 1.82) is 0 Å². The van der Waals surface area contributed by atoms with Gasteiger partial charge in [-0.05, 0) is 35.9 Å². The Bertz CT molecular complexity index is 1280. The molecule has 0 aliphatic carbocycles. The van der Waals surface area contributed by atoms with Crippen molar-refractivity contribution >= 4 is 22.3 Å². The van der Waals surface area contributed by atoms with E-state index in [1.54, 1.807) is 30.3 Å². The van der Waals surface area contributed by atoms with Crippen LogP contribution in [0.4, 0.5) is 29.1 Å². The summed E-state index contributed by atoms with van der Waals surface area (Å²) in [5.74, 6) is 0.387. The molecule has 0 saturated heterocycles. The molecule has 0 spiro atoms. The molecule has 2 heterocycles. The van der Waals surface area contributed by atoms with E-state index in [9.17, 15) is 22.7 Å². The molecule has 10 heteroatoms. The van der Waals surface area contributed by atoms with Crippen molar-refractivity contribution < 1.29 is 27.8 Å². The molecule has 33 heavy (non-hydrogen) atoms. The number of halogens is 4. The third-order valence-corrected chi connectivity index (χ3v) is 5.08. The Morgan fingerprint density at radius 2 is 1.76 bits per heavy atom. The Balaban J connectivity index is 1.74. The van der Waals surface area contributed by atoms with Crippen LogP contribution in [-0.4, -0.2) is 32.0 Å². The van der Waals surface area contributed by atoms with Gasteiger partial charge in [-0.25, -0.2) is 4.39 Å². The highest BCUT2D eigenvalue weighted by molar-refractivity contribution is 5.95. The first-order valence-electron chi connectivity index (χ1n) is 9.84. The van der Waals surface area contributed by atoms with Crippen LogP contribution in [0.1, 0.15) is 22.8 Å². The van der Waals surface area contributed by atoms with Crippen LogP contribution in [-0.2, 0) is 12.9 Å². The van der Waals surface area contributed by atoms with E-state index in [-0.39, 0.29) is 16.8 Å². The summed E-state index contributed by atoms with van der Waals surface area (Å²) in [6, 6.07) is 12.0. The molecule has 4 aromatic rings. The molecule has 0 aliphatic rings. The first kappa shape index (κ1) is 22.6. The lowest BCUT2D eigenvalue weighted by molar-refractivity contribution is -0.137. The second-order valence-electron chi connectivity index (χ2n) is 7.31. The fourth-order valence-corrected chi connectivity index (χ4v) is 3.36. The predicted octanol–water partition coefficient (Wildman–Crippen LogP) is 4.95. The Morgan fingerprint density at radius 3 is 2.42 bits per heavy atom. The first-order valence-corrected chi connectivity index (χ1v) is 9.84. The lowest BCUT2D eigenvalue weighted by Crippen LogP contribution is -2.12. The summed E-state index contributed by atoms with van der Waals surface area (Å²) in [5.41, 5.74) is -0.0972. The predicted molar refractivity (Wildman–Crippen MR) is 114 cm³/mol. The van der Waals surface area contributed by atoms with Gasteiger partial charge < -0.3 is 15.5 Å². The van der Waals surface area contributed by atoms with E-state index in [0.717, 1.165) is 12.3 Å². The minimum atomic E-state index is -4.72. The van der Waals surface area contributed by atoms with Gasteiger partial charge in [0.15, 0.2) is 5.82 Å². The van der Waals surface area contributed by atoms with Gasteiger partial charge in [-0.2, -0.15) is 18.3 Å². The molecule has 0 aliphatic heterocycles. The van der Waals surface area contributed by atoms with Crippen molar-refractivity contribution in [2.75, 3.05) is 11.9 Å². The number of nitrogens with zero attached hydrogens (tertiary/aromatic N) is 3. The summed E-state index contributed by atoms with van der Waals surface area (Å²) in [5, 5.41) is 31.0. The number of alkyl halides is 4. The largest absolute Gasteiger partial charge is 0.418 e. The van der Waals surface area contributed by atoms with Gasteiger partial charge in [0.05, 0.1) is 24.1 Å². The first-order chi connectivity index (χ1) is 15.8. The standard InChI is InChI=1S/C23H18F4N4O2/c24-9-13-1-4-17(5-2-13)30-22-18-6-3-14(7-15(18)11-29-31-22)21-19(23(25,26)27)8-16(10-28-21)20(33)12-32/h1-8,10-11,20,32-33H,9,12H2,(H,30,31)/t20-/m1/s1. The highest BCUT2D eigenvalue weighted by atomic mass is 19.4. The smallest absolute Gasteiger partial charge is 0.393 e. The van der Waals surface area contributed by atoms with E-state index >= 15 is 0 Å². The normalized spacial score (nSPS) is 12.7. The van der Waals surface area contributed by atoms with Crippen molar-refractivity contribution in [3.63, 3.8) is 0 Å². The van der Waals surface area contributed by atoms with Crippen LogP contribution in [0.3, 0.4) is 0 Å². The molecule has 4 rings (SSSR count). The number of aliphatic hydroxyl groups is 2. The van der Waals surface area contributed by atoms with Crippen LogP contribution >= 0.6 is 0 Å². The molecule has 3 N–H and O–H groups in total. The molecule has 0 fully saturated rings. The Labute approximate surface area is 185 Å². The lowest BCUT2D eigenvalue weighted by Gasteiger charge is -2.16. The van der Waals surface area contributed by atoms with E-state index in [1.807, 2.05) is 0 Å². The van der Waals surface area contributed by atoms with Crippen molar-refractivity contribution in [1.82, 2.24) is 15.2 Å². The minimum Gasteiger partial charge on any atom is -0.393 e. The minimum absolute atomic E-state index is 0.134. The van der Waals surface area contributed by atoms with Gasteiger partial charge in [0.2, 0.25) is 0 Å². The number of benzene rings is 2. The van der Waals surface area contributed by atoms with Crippen LogP contribution < -0.4 is 5.32 Å². The fraction of sp³-hybridized carbons (Fsp3) is 0.174. The van der Waals surface area contributed by atoms with Crippen LogP contribution in [0.5, 0.6) is 0 Å². The SMILES string of the molecule is OC[C@@H](O)c1cnc(-c2ccc3c(Nc4ccc(CF)cc4)nncc3c2)c(C(F)(F)F)c1. The molecule has 1 atom stereocenters. The second-order valence-corrected chi connectivity index (χ2v) is 7.31. The number of rotatable bonds is 6. The van der Waals surface area contributed by atoms with Gasteiger partial charge in [-0.15, -0.1) is 5.10 Å². The van der Waals surface area contributed by atoms with Crippen LogP contribution in [0.2, 0.25) is 0 Å². The van der Waals surface area contributed by atoms with Gasteiger partial charge in [0.25, 0.3) is 0 Å². The maximum Gasteiger partial charge on any atom is 0.418 e. The summed E-state index contributed by atoms with van der Waals surface area (Å²) in [7, 11) is 0. The summed E-state index contributed by atoms with van der Waals surface area (Å²) in [6.07, 6.45) is -3.66.